The van der Waals surface area contributed by atoms with Crippen molar-refractivity contribution in [2.75, 3.05) is 30.3 Å². The largest absolute Gasteiger partial charge is 0.366 e. The zero-order valence-electron chi connectivity index (χ0n) is 14.4. The van der Waals surface area contributed by atoms with Gasteiger partial charge in [-0.3, -0.25) is 14.2 Å². The molecule has 1 aliphatic rings. The van der Waals surface area contributed by atoms with E-state index in [1.54, 1.807) is 17.0 Å². The first kappa shape index (κ1) is 21.3. The molecule has 0 radical (unpaired) electrons. The van der Waals surface area contributed by atoms with E-state index in [1.807, 2.05) is 0 Å². The molecule has 0 aliphatic carbocycles. The SMILES string of the molecule is C=CS(=O)(=O)CCN1CCN(c2ccc(C(N)=O)cc2)C(N)C1S(=O)(=O)O. The van der Waals surface area contributed by atoms with Crippen molar-refractivity contribution in [2.45, 2.75) is 11.5 Å². The fourth-order valence-corrected chi connectivity index (χ4v) is 4.67. The summed E-state index contributed by atoms with van der Waals surface area (Å²) in [5, 5.41) is -0.714. The maximum atomic E-state index is 11.9. The first-order chi connectivity index (χ1) is 12.5. The molecular weight excluding hydrogens is 396 g/mol. The number of nitrogens with zero attached hydrogens (tertiary/aromatic N) is 2. The molecule has 2 rings (SSSR count). The van der Waals surface area contributed by atoms with E-state index in [2.05, 4.69) is 6.58 Å². The zero-order chi connectivity index (χ0) is 20.4. The van der Waals surface area contributed by atoms with E-state index >= 15 is 0 Å². The van der Waals surface area contributed by atoms with Gasteiger partial charge < -0.3 is 16.4 Å². The van der Waals surface area contributed by atoms with E-state index in [4.69, 9.17) is 11.5 Å². The van der Waals surface area contributed by atoms with Gasteiger partial charge in [-0.1, -0.05) is 6.58 Å². The second-order valence-corrected chi connectivity index (χ2v) is 9.65. The normalized spacial score (nSPS) is 21.8. The minimum atomic E-state index is -4.60. The molecule has 1 aliphatic heterocycles. The molecule has 1 saturated heterocycles. The van der Waals surface area contributed by atoms with Gasteiger partial charge in [-0.15, -0.1) is 0 Å². The lowest BCUT2D eigenvalue weighted by Gasteiger charge is -2.45. The number of rotatable bonds is 7. The number of sulfone groups is 1. The molecule has 0 saturated carbocycles. The summed E-state index contributed by atoms with van der Waals surface area (Å²) in [6, 6.07) is 6.10. The molecule has 2 unspecified atom stereocenters. The Morgan fingerprint density at radius 1 is 1.22 bits per heavy atom. The van der Waals surface area contributed by atoms with Gasteiger partial charge in [0, 0.05) is 36.3 Å². The number of primary amides is 1. The lowest BCUT2D eigenvalue weighted by molar-refractivity contribution is 0.1000. The van der Waals surface area contributed by atoms with Crippen LogP contribution in [0.5, 0.6) is 0 Å². The Morgan fingerprint density at radius 3 is 2.30 bits per heavy atom. The highest BCUT2D eigenvalue weighted by Crippen LogP contribution is 2.25. The lowest BCUT2D eigenvalue weighted by atomic mass is 10.1. The molecule has 2 atom stereocenters. The van der Waals surface area contributed by atoms with Crippen LogP contribution in [-0.4, -0.2) is 69.1 Å². The van der Waals surface area contributed by atoms with Gasteiger partial charge in [-0.25, -0.2) is 8.42 Å². The number of carbonyl (C=O) groups is 1. The van der Waals surface area contributed by atoms with Crippen LogP contribution in [0, 0.1) is 0 Å². The van der Waals surface area contributed by atoms with Crippen molar-refractivity contribution < 1.29 is 26.2 Å². The monoisotopic (exact) mass is 418 g/mol. The maximum Gasteiger partial charge on any atom is 0.284 e. The summed E-state index contributed by atoms with van der Waals surface area (Å²) >= 11 is 0. The van der Waals surface area contributed by atoms with Crippen molar-refractivity contribution in [3.05, 3.63) is 41.8 Å². The third kappa shape index (κ3) is 5.05. The highest BCUT2D eigenvalue weighted by molar-refractivity contribution is 7.94. The minimum Gasteiger partial charge on any atom is -0.366 e. The first-order valence-corrected chi connectivity index (χ1v) is 11.2. The van der Waals surface area contributed by atoms with Crippen LogP contribution in [0.1, 0.15) is 10.4 Å². The van der Waals surface area contributed by atoms with Crippen LogP contribution in [0.3, 0.4) is 0 Å². The number of benzene rings is 1. The Balaban J connectivity index is 2.27. The predicted molar refractivity (Wildman–Crippen MR) is 101 cm³/mol. The van der Waals surface area contributed by atoms with Crippen LogP contribution in [0.25, 0.3) is 0 Å². The van der Waals surface area contributed by atoms with E-state index < -0.39 is 37.4 Å². The van der Waals surface area contributed by atoms with Crippen LogP contribution >= 0.6 is 0 Å². The smallest absolute Gasteiger partial charge is 0.284 e. The Labute approximate surface area is 158 Å². The van der Waals surface area contributed by atoms with Gasteiger partial charge in [0.15, 0.2) is 15.2 Å². The summed E-state index contributed by atoms with van der Waals surface area (Å²) in [7, 11) is -8.13. The molecule has 27 heavy (non-hydrogen) atoms. The van der Waals surface area contributed by atoms with Gasteiger partial charge in [-0.05, 0) is 24.3 Å². The Bertz CT molecular complexity index is 914. The molecule has 150 valence electrons. The van der Waals surface area contributed by atoms with Crippen LogP contribution in [0.2, 0.25) is 0 Å². The molecule has 1 heterocycles. The van der Waals surface area contributed by atoms with Gasteiger partial charge in [0.1, 0.15) is 6.17 Å². The maximum absolute atomic E-state index is 11.9. The van der Waals surface area contributed by atoms with Crippen LogP contribution in [0.4, 0.5) is 5.69 Å². The predicted octanol–water partition coefficient (Wildman–Crippen LogP) is -1.04. The minimum absolute atomic E-state index is 0.124. The topological polar surface area (TPSA) is 164 Å². The summed E-state index contributed by atoms with van der Waals surface area (Å²) in [6.07, 6.45) is -1.15. The average Bonchev–Trinajstić information content (AvgIpc) is 2.59. The third-order valence-corrected chi connectivity index (χ3v) is 6.79. The summed E-state index contributed by atoms with van der Waals surface area (Å²) < 4.78 is 56.7. The van der Waals surface area contributed by atoms with Crippen molar-refractivity contribution in [3.63, 3.8) is 0 Å². The van der Waals surface area contributed by atoms with Gasteiger partial charge >= 0.3 is 0 Å². The lowest BCUT2D eigenvalue weighted by Crippen LogP contribution is -2.66. The standard InChI is InChI=1S/C15H22N4O6S2/c1-2-26(21,22)10-9-18-7-8-19(13(16)15(18)27(23,24)25)12-5-3-11(4-6-12)14(17)20/h2-6,13,15H,1,7-10,16H2,(H2,17,20)(H,23,24,25). The van der Waals surface area contributed by atoms with E-state index in [0.717, 1.165) is 5.41 Å². The van der Waals surface area contributed by atoms with Gasteiger partial charge in [0.2, 0.25) is 5.91 Å². The molecule has 1 fully saturated rings. The van der Waals surface area contributed by atoms with E-state index in [-0.39, 0.29) is 31.0 Å². The molecule has 0 aromatic heterocycles. The zero-order valence-corrected chi connectivity index (χ0v) is 16.1. The summed E-state index contributed by atoms with van der Waals surface area (Å²) in [6.45, 7) is 3.53. The van der Waals surface area contributed by atoms with Gasteiger partial charge in [-0.2, -0.15) is 8.42 Å². The molecule has 0 bridgehead atoms. The molecule has 10 nitrogen and oxygen atoms in total. The van der Waals surface area contributed by atoms with Crippen LogP contribution in [-0.2, 0) is 20.0 Å². The number of nitrogens with two attached hydrogens (primary N) is 2. The molecule has 1 amide bonds. The molecule has 12 heteroatoms. The summed E-state index contributed by atoms with van der Waals surface area (Å²) in [5.41, 5.74) is 12.1. The van der Waals surface area contributed by atoms with Gasteiger partial charge in [0.05, 0.1) is 5.75 Å². The number of anilines is 1. The van der Waals surface area contributed by atoms with Crippen LogP contribution in [0.15, 0.2) is 36.3 Å². The van der Waals surface area contributed by atoms with Gasteiger partial charge in [0.25, 0.3) is 10.1 Å². The first-order valence-electron chi connectivity index (χ1n) is 7.94. The fraction of sp³-hybridized carbons (Fsp3) is 0.400. The Morgan fingerprint density at radius 2 is 1.81 bits per heavy atom. The second kappa shape index (κ2) is 7.94. The quantitative estimate of drug-likeness (QED) is 0.469. The van der Waals surface area contributed by atoms with Crippen molar-refractivity contribution in [1.29, 1.82) is 0 Å². The van der Waals surface area contributed by atoms with E-state index in [0.29, 0.717) is 5.69 Å². The highest BCUT2D eigenvalue weighted by Gasteiger charge is 2.42. The molecule has 1 aromatic rings. The van der Waals surface area contributed by atoms with Crippen molar-refractivity contribution in [1.82, 2.24) is 4.90 Å². The number of amides is 1. The van der Waals surface area contributed by atoms with Crippen molar-refractivity contribution in [3.8, 4) is 0 Å². The van der Waals surface area contributed by atoms with Crippen LogP contribution < -0.4 is 16.4 Å². The van der Waals surface area contributed by atoms with E-state index in [9.17, 15) is 26.2 Å². The number of hydrogen-bond acceptors (Lipinski definition) is 8. The van der Waals surface area contributed by atoms with E-state index in [1.165, 1.54) is 17.0 Å². The summed E-state index contributed by atoms with van der Waals surface area (Å²) in [5.74, 6) is -0.947. The number of hydrogen-bond donors (Lipinski definition) is 3. The molecule has 1 aromatic carbocycles. The van der Waals surface area contributed by atoms with Crippen molar-refractivity contribution in [2.24, 2.45) is 11.5 Å². The summed E-state index contributed by atoms with van der Waals surface area (Å²) in [4.78, 5) is 14.0. The Hall–Kier alpha value is -1.99. The highest BCUT2D eigenvalue weighted by atomic mass is 32.2. The number of carbonyl (C=O) groups excluding carboxylic acids is 1. The molecular formula is C15H22N4O6S2. The molecule has 0 spiro atoms. The molecule has 5 N–H and O–H groups in total. The average molecular weight is 418 g/mol. The second-order valence-electron chi connectivity index (χ2n) is 6.07. The third-order valence-electron chi connectivity index (χ3n) is 4.35. The fourth-order valence-electron chi connectivity index (χ4n) is 2.93. The van der Waals surface area contributed by atoms with Crippen molar-refractivity contribution >= 4 is 31.5 Å². The Kier molecular flexibility index (Phi) is 6.27. The number of piperazine rings is 1.